The first kappa shape index (κ1) is 8.27. The van der Waals surface area contributed by atoms with E-state index in [-0.39, 0.29) is 0 Å². The molecule has 0 aliphatic carbocycles. The molecule has 0 aliphatic heterocycles. The monoisotopic (exact) mass is 213 g/mol. The smallest absolute Gasteiger partial charge is 0.0736 e. The fourth-order valence-corrected chi connectivity index (χ4v) is 1.19. The van der Waals surface area contributed by atoms with Crippen LogP contribution in [-0.2, 0) is 0 Å². The molecule has 58 valence electrons. The van der Waals surface area contributed by atoms with Crippen molar-refractivity contribution in [1.82, 2.24) is 0 Å². The van der Waals surface area contributed by atoms with Crippen molar-refractivity contribution in [3.8, 4) is 0 Å². The predicted octanol–water partition coefficient (Wildman–Crippen LogP) is 2.57. The molecule has 2 nitrogen and oxygen atoms in total. The Morgan fingerprint density at radius 1 is 1.55 bits per heavy atom. The molecule has 3 heteroatoms. The van der Waals surface area contributed by atoms with E-state index in [1.165, 1.54) is 6.21 Å². The van der Waals surface area contributed by atoms with Gasteiger partial charge in [0.1, 0.15) is 0 Å². The Morgan fingerprint density at radius 3 is 2.91 bits per heavy atom. The lowest BCUT2D eigenvalue weighted by atomic mass is 10.1. The lowest BCUT2D eigenvalue weighted by Gasteiger charge is -1.98. The Kier molecular flexibility index (Phi) is 2.65. The van der Waals surface area contributed by atoms with Gasteiger partial charge in [0.2, 0.25) is 0 Å². The number of benzene rings is 1. The summed E-state index contributed by atoms with van der Waals surface area (Å²) in [5.74, 6) is 0. The zero-order valence-corrected chi connectivity index (χ0v) is 7.67. The number of hydrogen-bond donors (Lipinski definition) is 1. The van der Waals surface area contributed by atoms with E-state index in [9.17, 15) is 0 Å². The molecule has 0 spiro atoms. The van der Waals surface area contributed by atoms with Crippen molar-refractivity contribution >= 4 is 22.1 Å². The molecule has 0 bridgehead atoms. The van der Waals surface area contributed by atoms with Crippen molar-refractivity contribution in [3.05, 3.63) is 33.8 Å². The minimum absolute atomic E-state index is 0.918. The minimum atomic E-state index is 0.918. The van der Waals surface area contributed by atoms with Gasteiger partial charge in [0.25, 0.3) is 0 Å². The normalized spacial score (nSPS) is 10.7. The van der Waals surface area contributed by atoms with E-state index in [2.05, 4.69) is 21.1 Å². The van der Waals surface area contributed by atoms with Crippen molar-refractivity contribution in [1.29, 1.82) is 0 Å². The lowest BCUT2D eigenvalue weighted by Crippen LogP contribution is -1.85. The summed E-state index contributed by atoms with van der Waals surface area (Å²) in [6.07, 6.45) is 1.42. The zero-order valence-electron chi connectivity index (χ0n) is 6.08. The molecule has 0 radical (unpaired) electrons. The van der Waals surface area contributed by atoms with Crippen molar-refractivity contribution in [2.24, 2.45) is 5.16 Å². The molecular formula is C8H8BrNO. The van der Waals surface area contributed by atoms with E-state index < -0.39 is 0 Å². The maximum Gasteiger partial charge on any atom is 0.0736 e. The van der Waals surface area contributed by atoms with E-state index in [1.807, 2.05) is 25.1 Å². The van der Waals surface area contributed by atoms with Crippen LogP contribution in [0.3, 0.4) is 0 Å². The molecule has 0 saturated carbocycles. The molecule has 1 N–H and O–H groups in total. The average Bonchev–Trinajstić information content (AvgIpc) is 1.98. The van der Waals surface area contributed by atoms with Crippen LogP contribution in [0.5, 0.6) is 0 Å². The molecule has 1 rings (SSSR count). The second-order valence-corrected chi connectivity index (χ2v) is 3.16. The maximum atomic E-state index is 8.29. The third kappa shape index (κ3) is 2.05. The molecule has 0 fully saturated rings. The summed E-state index contributed by atoms with van der Waals surface area (Å²) < 4.78 is 0.984. The van der Waals surface area contributed by atoms with Crippen molar-refractivity contribution in [2.45, 2.75) is 6.92 Å². The van der Waals surface area contributed by atoms with Crippen molar-refractivity contribution in [3.63, 3.8) is 0 Å². The standard InChI is InChI=1S/C8H8BrNO/c1-6-2-3-8(9)4-7(6)5-10-11/h2-5,11H,1H3/b10-5-. The molecule has 0 unspecified atom stereocenters. The highest BCUT2D eigenvalue weighted by Crippen LogP contribution is 2.14. The summed E-state index contributed by atoms with van der Waals surface area (Å²) in [6.45, 7) is 1.96. The largest absolute Gasteiger partial charge is 0.411 e. The quantitative estimate of drug-likeness (QED) is 0.435. The molecule has 1 aromatic rings. The van der Waals surface area contributed by atoms with Crippen LogP contribution >= 0.6 is 15.9 Å². The summed E-state index contributed by atoms with van der Waals surface area (Å²) in [5.41, 5.74) is 2.01. The molecule has 0 amide bonds. The van der Waals surface area contributed by atoms with E-state index in [0.717, 1.165) is 15.6 Å². The number of halogens is 1. The fourth-order valence-electron chi connectivity index (χ4n) is 0.813. The third-order valence-electron chi connectivity index (χ3n) is 1.44. The first-order valence-electron chi connectivity index (χ1n) is 3.17. The van der Waals surface area contributed by atoms with Gasteiger partial charge in [-0.2, -0.15) is 0 Å². The minimum Gasteiger partial charge on any atom is -0.411 e. The molecule has 0 heterocycles. The molecule has 0 aromatic heterocycles. The van der Waals surface area contributed by atoms with E-state index in [0.29, 0.717) is 0 Å². The Morgan fingerprint density at radius 2 is 2.27 bits per heavy atom. The van der Waals surface area contributed by atoms with Crippen LogP contribution in [0.15, 0.2) is 27.8 Å². The van der Waals surface area contributed by atoms with Gasteiger partial charge in [0.15, 0.2) is 0 Å². The summed E-state index contributed by atoms with van der Waals surface area (Å²) in [6, 6.07) is 5.81. The Labute approximate surface area is 73.7 Å². The van der Waals surface area contributed by atoms with E-state index in [4.69, 9.17) is 5.21 Å². The van der Waals surface area contributed by atoms with Gasteiger partial charge in [-0.25, -0.2) is 0 Å². The molecule has 0 aliphatic rings. The SMILES string of the molecule is Cc1ccc(Br)cc1/C=N\O. The van der Waals surface area contributed by atoms with Crippen LogP contribution in [0, 0.1) is 6.92 Å². The number of rotatable bonds is 1. The van der Waals surface area contributed by atoms with Crippen LogP contribution < -0.4 is 0 Å². The van der Waals surface area contributed by atoms with Crippen molar-refractivity contribution in [2.75, 3.05) is 0 Å². The van der Waals surface area contributed by atoms with Gasteiger partial charge in [-0.15, -0.1) is 0 Å². The van der Waals surface area contributed by atoms with E-state index >= 15 is 0 Å². The number of aryl methyl sites for hydroxylation is 1. The van der Waals surface area contributed by atoms with Gasteiger partial charge in [-0.3, -0.25) is 0 Å². The van der Waals surface area contributed by atoms with Gasteiger partial charge in [-0.05, 0) is 24.6 Å². The van der Waals surface area contributed by atoms with Gasteiger partial charge >= 0.3 is 0 Å². The molecule has 11 heavy (non-hydrogen) atoms. The Hall–Kier alpha value is -0.830. The number of nitrogens with zero attached hydrogens (tertiary/aromatic N) is 1. The van der Waals surface area contributed by atoms with Crippen LogP contribution in [0.25, 0.3) is 0 Å². The summed E-state index contributed by atoms with van der Waals surface area (Å²) >= 11 is 3.32. The first-order chi connectivity index (χ1) is 5.24. The third-order valence-corrected chi connectivity index (χ3v) is 1.93. The van der Waals surface area contributed by atoms with E-state index in [1.54, 1.807) is 0 Å². The summed E-state index contributed by atoms with van der Waals surface area (Å²) in [4.78, 5) is 0. The highest BCUT2D eigenvalue weighted by atomic mass is 79.9. The van der Waals surface area contributed by atoms with Crippen LogP contribution in [0.2, 0.25) is 0 Å². The molecule has 0 saturated heterocycles. The second-order valence-electron chi connectivity index (χ2n) is 2.25. The highest BCUT2D eigenvalue weighted by Gasteiger charge is 1.94. The maximum absolute atomic E-state index is 8.29. The molecule has 0 atom stereocenters. The molecular weight excluding hydrogens is 206 g/mol. The summed E-state index contributed by atoms with van der Waals surface area (Å²) in [7, 11) is 0. The predicted molar refractivity (Wildman–Crippen MR) is 48.3 cm³/mol. The zero-order chi connectivity index (χ0) is 8.27. The van der Waals surface area contributed by atoms with Crippen LogP contribution in [0.4, 0.5) is 0 Å². The molecule has 1 aromatic carbocycles. The Balaban J connectivity index is 3.12. The number of hydrogen-bond acceptors (Lipinski definition) is 2. The number of oxime groups is 1. The van der Waals surface area contributed by atoms with Gasteiger partial charge < -0.3 is 5.21 Å². The van der Waals surface area contributed by atoms with Gasteiger partial charge in [-0.1, -0.05) is 27.2 Å². The van der Waals surface area contributed by atoms with Gasteiger partial charge in [0.05, 0.1) is 6.21 Å². The van der Waals surface area contributed by atoms with Crippen LogP contribution in [-0.4, -0.2) is 11.4 Å². The average molecular weight is 214 g/mol. The lowest BCUT2D eigenvalue weighted by molar-refractivity contribution is 0.322. The first-order valence-corrected chi connectivity index (χ1v) is 3.97. The highest BCUT2D eigenvalue weighted by molar-refractivity contribution is 9.10. The topological polar surface area (TPSA) is 32.6 Å². The fraction of sp³-hybridized carbons (Fsp3) is 0.125. The van der Waals surface area contributed by atoms with Crippen molar-refractivity contribution < 1.29 is 5.21 Å². The van der Waals surface area contributed by atoms with Gasteiger partial charge in [0, 0.05) is 10.0 Å². The Bertz CT molecular complexity index is 283. The van der Waals surface area contributed by atoms with Crippen LogP contribution in [0.1, 0.15) is 11.1 Å². The second kappa shape index (κ2) is 3.53. The summed E-state index contributed by atoms with van der Waals surface area (Å²) in [5, 5.41) is 11.3.